The molecule has 0 unspecified atom stereocenters. The van der Waals surface area contributed by atoms with Gasteiger partial charge in [0.2, 0.25) is 0 Å². The molecule has 1 aromatic carbocycles. The minimum absolute atomic E-state index is 0.190. The van der Waals surface area contributed by atoms with Gasteiger partial charge < -0.3 is 9.72 Å². The fourth-order valence-corrected chi connectivity index (χ4v) is 2.13. The number of amides is 1. The van der Waals surface area contributed by atoms with Crippen molar-refractivity contribution >= 4 is 17.2 Å². The summed E-state index contributed by atoms with van der Waals surface area (Å²) in [4.78, 5) is 16.3. The molecule has 23 heavy (non-hydrogen) atoms. The van der Waals surface area contributed by atoms with E-state index in [1.807, 2.05) is 19.1 Å². The van der Waals surface area contributed by atoms with E-state index in [0.717, 1.165) is 17.7 Å². The lowest BCUT2D eigenvalue weighted by molar-refractivity contribution is -0.137. The molecule has 0 aliphatic carbocycles. The predicted octanol–water partition coefficient (Wildman–Crippen LogP) is 3.91. The van der Waals surface area contributed by atoms with Crippen LogP contribution in [0.5, 0.6) is 0 Å². The van der Waals surface area contributed by atoms with Crippen molar-refractivity contribution in [2.45, 2.75) is 13.1 Å². The van der Waals surface area contributed by atoms with Crippen LogP contribution in [0.2, 0.25) is 0 Å². The fraction of sp³-hybridized carbons (Fsp3) is 0.125. The van der Waals surface area contributed by atoms with Gasteiger partial charge in [-0.2, -0.15) is 13.2 Å². The molecule has 0 aliphatic heterocycles. The lowest BCUT2D eigenvalue weighted by Crippen LogP contribution is -2.12. The summed E-state index contributed by atoms with van der Waals surface area (Å²) in [7, 11) is 0. The summed E-state index contributed by atoms with van der Waals surface area (Å²) in [6.07, 6.45) is -1.05. The molecule has 4 nitrogen and oxygen atoms in total. The molecule has 118 valence electrons. The fourth-order valence-electron chi connectivity index (χ4n) is 2.13. The Bertz CT molecular complexity index is 866. The molecule has 0 saturated heterocycles. The highest BCUT2D eigenvalue weighted by Gasteiger charge is 2.30. The van der Waals surface area contributed by atoms with Crippen LogP contribution in [0.15, 0.2) is 48.8 Å². The summed E-state index contributed by atoms with van der Waals surface area (Å²) in [5.41, 5.74) is 1.34. The van der Waals surface area contributed by atoms with E-state index in [1.165, 1.54) is 12.1 Å². The Balaban J connectivity index is 1.80. The van der Waals surface area contributed by atoms with Crippen LogP contribution < -0.4 is 5.32 Å². The van der Waals surface area contributed by atoms with Gasteiger partial charge in [0, 0.05) is 18.1 Å². The number of carbonyl (C=O) groups excluding carboxylic acids is 1. The predicted molar refractivity (Wildman–Crippen MR) is 79.3 cm³/mol. The summed E-state index contributed by atoms with van der Waals surface area (Å²) in [5, 5.41) is 2.53. The number of alkyl halides is 3. The highest BCUT2D eigenvalue weighted by Crippen LogP contribution is 2.29. The minimum Gasteiger partial charge on any atom is -0.321 e. The van der Waals surface area contributed by atoms with Gasteiger partial charge in [-0.1, -0.05) is 0 Å². The molecular formula is C16H12F3N3O. The second kappa shape index (κ2) is 5.42. The van der Waals surface area contributed by atoms with E-state index < -0.39 is 17.6 Å². The van der Waals surface area contributed by atoms with Gasteiger partial charge in [-0.15, -0.1) is 0 Å². The Labute approximate surface area is 129 Å². The maximum absolute atomic E-state index is 12.5. The molecule has 0 saturated carbocycles. The zero-order valence-corrected chi connectivity index (χ0v) is 12.1. The molecule has 2 heterocycles. The topological polar surface area (TPSA) is 46.4 Å². The van der Waals surface area contributed by atoms with Crippen molar-refractivity contribution in [3.05, 3.63) is 65.6 Å². The Morgan fingerprint density at radius 3 is 2.52 bits per heavy atom. The molecule has 0 bridgehead atoms. The van der Waals surface area contributed by atoms with Crippen LogP contribution >= 0.6 is 0 Å². The van der Waals surface area contributed by atoms with Crippen molar-refractivity contribution in [3.8, 4) is 0 Å². The van der Waals surface area contributed by atoms with Crippen LogP contribution in [0.4, 0.5) is 18.9 Å². The number of nitrogens with one attached hydrogen (secondary N) is 1. The van der Waals surface area contributed by atoms with E-state index in [9.17, 15) is 18.0 Å². The lowest BCUT2D eigenvalue weighted by Gasteiger charge is -2.08. The second-order valence-corrected chi connectivity index (χ2v) is 5.12. The van der Waals surface area contributed by atoms with E-state index in [0.29, 0.717) is 5.65 Å². The molecule has 7 heteroatoms. The Morgan fingerprint density at radius 2 is 1.87 bits per heavy atom. The number of anilines is 1. The molecule has 0 radical (unpaired) electrons. The van der Waals surface area contributed by atoms with E-state index in [1.54, 1.807) is 16.8 Å². The molecule has 0 atom stereocenters. The lowest BCUT2D eigenvalue weighted by atomic mass is 10.2. The van der Waals surface area contributed by atoms with Crippen molar-refractivity contribution in [2.24, 2.45) is 0 Å². The number of rotatable bonds is 2. The second-order valence-electron chi connectivity index (χ2n) is 5.12. The molecule has 0 spiro atoms. The van der Waals surface area contributed by atoms with Crippen molar-refractivity contribution in [1.29, 1.82) is 0 Å². The van der Waals surface area contributed by atoms with Gasteiger partial charge in [0.15, 0.2) is 0 Å². The zero-order valence-electron chi connectivity index (χ0n) is 12.1. The van der Waals surface area contributed by atoms with Crippen molar-refractivity contribution < 1.29 is 18.0 Å². The summed E-state index contributed by atoms with van der Waals surface area (Å²) in [6, 6.07) is 7.97. The van der Waals surface area contributed by atoms with Crippen LogP contribution in [-0.2, 0) is 6.18 Å². The maximum atomic E-state index is 12.5. The molecule has 0 fully saturated rings. The number of aromatic nitrogens is 2. The molecule has 0 aliphatic rings. The maximum Gasteiger partial charge on any atom is 0.416 e. The summed E-state index contributed by atoms with van der Waals surface area (Å²) in [5.74, 6) is -0.480. The minimum atomic E-state index is -4.40. The Morgan fingerprint density at radius 1 is 1.17 bits per heavy atom. The molecule has 3 rings (SSSR count). The molecule has 2 aromatic heterocycles. The Kier molecular flexibility index (Phi) is 3.55. The number of pyridine rings is 1. The van der Waals surface area contributed by atoms with Gasteiger partial charge in [-0.3, -0.25) is 4.79 Å². The van der Waals surface area contributed by atoms with Gasteiger partial charge in [0.1, 0.15) is 11.3 Å². The third-order valence-corrected chi connectivity index (χ3v) is 3.32. The highest BCUT2D eigenvalue weighted by atomic mass is 19.4. The molecule has 1 N–H and O–H groups in total. The number of aryl methyl sites for hydroxylation is 1. The van der Waals surface area contributed by atoms with Crippen LogP contribution in [0, 0.1) is 6.92 Å². The average molecular weight is 319 g/mol. The SMILES string of the molecule is Cc1ccn2cc(C(=O)Nc3ccc(C(F)(F)F)cc3)nc2c1. The highest BCUT2D eigenvalue weighted by molar-refractivity contribution is 6.03. The van der Waals surface area contributed by atoms with Gasteiger partial charge >= 0.3 is 6.18 Å². The number of hydrogen-bond acceptors (Lipinski definition) is 2. The van der Waals surface area contributed by atoms with E-state index in [4.69, 9.17) is 0 Å². The first kappa shape index (κ1) is 15.1. The number of halogens is 3. The third-order valence-electron chi connectivity index (χ3n) is 3.32. The van der Waals surface area contributed by atoms with Crippen LogP contribution in [-0.4, -0.2) is 15.3 Å². The number of carbonyl (C=O) groups is 1. The number of benzene rings is 1. The molecule has 3 aromatic rings. The quantitative estimate of drug-likeness (QED) is 0.778. The number of hydrogen-bond donors (Lipinski definition) is 1. The standard InChI is InChI=1S/C16H12F3N3O/c1-10-6-7-22-9-13(21-14(22)8-10)15(23)20-12-4-2-11(3-5-12)16(17,18)19/h2-9H,1H3,(H,20,23). The summed E-state index contributed by atoms with van der Waals surface area (Å²) >= 11 is 0. The van der Waals surface area contributed by atoms with Crippen molar-refractivity contribution in [1.82, 2.24) is 9.38 Å². The normalized spacial score (nSPS) is 11.7. The van der Waals surface area contributed by atoms with E-state index in [-0.39, 0.29) is 11.4 Å². The van der Waals surface area contributed by atoms with E-state index in [2.05, 4.69) is 10.3 Å². The van der Waals surface area contributed by atoms with Gasteiger partial charge in [0.25, 0.3) is 5.91 Å². The van der Waals surface area contributed by atoms with Gasteiger partial charge in [-0.05, 0) is 48.9 Å². The van der Waals surface area contributed by atoms with Gasteiger partial charge in [0.05, 0.1) is 5.56 Å². The monoisotopic (exact) mass is 319 g/mol. The largest absolute Gasteiger partial charge is 0.416 e. The Hall–Kier alpha value is -2.83. The summed E-state index contributed by atoms with van der Waals surface area (Å²) < 4.78 is 39.2. The number of nitrogens with zero attached hydrogens (tertiary/aromatic N) is 2. The first-order valence-corrected chi connectivity index (χ1v) is 6.77. The van der Waals surface area contributed by atoms with E-state index >= 15 is 0 Å². The molecule has 1 amide bonds. The van der Waals surface area contributed by atoms with Crippen molar-refractivity contribution in [2.75, 3.05) is 5.32 Å². The first-order chi connectivity index (χ1) is 10.8. The first-order valence-electron chi connectivity index (χ1n) is 6.77. The van der Waals surface area contributed by atoms with Gasteiger partial charge in [-0.25, -0.2) is 4.98 Å². The third kappa shape index (κ3) is 3.18. The molecular weight excluding hydrogens is 307 g/mol. The number of fused-ring (bicyclic) bond motifs is 1. The number of imidazole rings is 1. The van der Waals surface area contributed by atoms with Crippen LogP contribution in [0.3, 0.4) is 0 Å². The average Bonchev–Trinajstić information content (AvgIpc) is 2.90. The summed E-state index contributed by atoms with van der Waals surface area (Å²) in [6.45, 7) is 1.91. The smallest absolute Gasteiger partial charge is 0.321 e. The van der Waals surface area contributed by atoms with Crippen LogP contribution in [0.25, 0.3) is 5.65 Å². The zero-order chi connectivity index (χ0) is 16.6. The van der Waals surface area contributed by atoms with Crippen molar-refractivity contribution in [3.63, 3.8) is 0 Å². The van der Waals surface area contributed by atoms with Crippen LogP contribution in [0.1, 0.15) is 21.6 Å².